The standard InChI is InChI=1S/C20H19N3O4/c1-26-15-6-4-5-14(13-15)23-19(24)17-8-3-2-7-16(17)18(21-23)20(25)22-9-11-27-12-10-22/h2-8,13H,9-12H2,1H3. The van der Waals surface area contributed by atoms with Crippen LogP contribution in [0.3, 0.4) is 0 Å². The summed E-state index contributed by atoms with van der Waals surface area (Å²) >= 11 is 0. The van der Waals surface area contributed by atoms with E-state index < -0.39 is 0 Å². The molecule has 3 aromatic rings. The van der Waals surface area contributed by atoms with Crippen molar-refractivity contribution in [3.05, 3.63) is 64.6 Å². The van der Waals surface area contributed by atoms with Gasteiger partial charge in [0.25, 0.3) is 11.5 Å². The van der Waals surface area contributed by atoms with Gasteiger partial charge in [0.1, 0.15) is 5.75 Å². The zero-order chi connectivity index (χ0) is 18.8. The van der Waals surface area contributed by atoms with Crippen LogP contribution in [-0.2, 0) is 4.74 Å². The number of hydrogen-bond acceptors (Lipinski definition) is 5. The predicted molar refractivity (Wildman–Crippen MR) is 101 cm³/mol. The first kappa shape index (κ1) is 17.2. The summed E-state index contributed by atoms with van der Waals surface area (Å²) in [6.45, 7) is 2.01. The van der Waals surface area contributed by atoms with Gasteiger partial charge in [-0.1, -0.05) is 24.3 Å². The Kier molecular flexibility index (Phi) is 4.60. The van der Waals surface area contributed by atoms with Gasteiger partial charge in [-0.3, -0.25) is 9.59 Å². The zero-order valence-electron chi connectivity index (χ0n) is 14.9. The van der Waals surface area contributed by atoms with E-state index in [9.17, 15) is 9.59 Å². The van der Waals surface area contributed by atoms with E-state index in [0.717, 1.165) is 0 Å². The molecule has 27 heavy (non-hydrogen) atoms. The third kappa shape index (κ3) is 3.17. The Hall–Kier alpha value is -3.19. The van der Waals surface area contributed by atoms with Crippen molar-refractivity contribution in [1.29, 1.82) is 0 Å². The average molecular weight is 365 g/mol. The second-order valence-electron chi connectivity index (χ2n) is 6.22. The number of nitrogens with zero attached hydrogens (tertiary/aromatic N) is 3. The molecule has 7 heteroatoms. The zero-order valence-corrected chi connectivity index (χ0v) is 14.9. The Balaban J connectivity index is 1.91. The second-order valence-corrected chi connectivity index (χ2v) is 6.22. The van der Waals surface area contributed by atoms with Crippen LogP contribution in [0.25, 0.3) is 16.5 Å². The molecule has 0 unspecified atom stereocenters. The molecular weight excluding hydrogens is 346 g/mol. The monoisotopic (exact) mass is 365 g/mol. The summed E-state index contributed by atoms with van der Waals surface area (Å²) in [6.07, 6.45) is 0. The number of carbonyl (C=O) groups is 1. The maximum Gasteiger partial charge on any atom is 0.279 e. The molecule has 1 aliphatic rings. The number of fused-ring (bicyclic) bond motifs is 1. The lowest BCUT2D eigenvalue weighted by Crippen LogP contribution is -2.41. The summed E-state index contributed by atoms with van der Waals surface area (Å²) in [5, 5.41) is 5.44. The number of rotatable bonds is 3. The van der Waals surface area contributed by atoms with Crippen molar-refractivity contribution in [2.24, 2.45) is 0 Å². The first-order valence-electron chi connectivity index (χ1n) is 8.72. The Morgan fingerprint density at radius 3 is 2.56 bits per heavy atom. The van der Waals surface area contributed by atoms with Crippen LogP contribution in [-0.4, -0.2) is 54.0 Å². The van der Waals surface area contributed by atoms with Gasteiger partial charge in [-0.15, -0.1) is 0 Å². The largest absolute Gasteiger partial charge is 0.497 e. The number of morpholine rings is 1. The summed E-state index contributed by atoms with van der Waals surface area (Å²) in [7, 11) is 1.56. The Labute approximate surface area is 155 Å². The van der Waals surface area contributed by atoms with Crippen LogP contribution in [0.5, 0.6) is 5.75 Å². The topological polar surface area (TPSA) is 73.7 Å². The Morgan fingerprint density at radius 2 is 1.81 bits per heavy atom. The van der Waals surface area contributed by atoms with Crippen molar-refractivity contribution in [1.82, 2.24) is 14.7 Å². The molecule has 2 aromatic carbocycles. The molecule has 1 saturated heterocycles. The summed E-state index contributed by atoms with van der Waals surface area (Å²) in [5.74, 6) is 0.404. The van der Waals surface area contributed by atoms with E-state index in [1.807, 2.05) is 0 Å². The number of benzene rings is 2. The van der Waals surface area contributed by atoms with Crippen molar-refractivity contribution in [2.45, 2.75) is 0 Å². The highest BCUT2D eigenvalue weighted by Crippen LogP contribution is 2.19. The van der Waals surface area contributed by atoms with Gasteiger partial charge in [0, 0.05) is 24.5 Å². The third-order valence-electron chi connectivity index (χ3n) is 4.60. The highest BCUT2D eigenvalue weighted by Gasteiger charge is 2.24. The lowest BCUT2D eigenvalue weighted by molar-refractivity contribution is 0.0299. The molecule has 0 saturated carbocycles. The molecule has 0 radical (unpaired) electrons. The van der Waals surface area contributed by atoms with E-state index in [4.69, 9.17) is 9.47 Å². The Morgan fingerprint density at radius 1 is 1.07 bits per heavy atom. The van der Waals surface area contributed by atoms with Crippen molar-refractivity contribution >= 4 is 16.7 Å². The van der Waals surface area contributed by atoms with E-state index >= 15 is 0 Å². The lowest BCUT2D eigenvalue weighted by atomic mass is 10.1. The van der Waals surface area contributed by atoms with E-state index in [-0.39, 0.29) is 17.2 Å². The van der Waals surface area contributed by atoms with Gasteiger partial charge in [-0.05, 0) is 18.2 Å². The molecule has 1 amide bonds. The normalized spacial score (nSPS) is 14.3. The van der Waals surface area contributed by atoms with Gasteiger partial charge in [0.05, 0.1) is 31.4 Å². The maximum atomic E-state index is 13.1. The average Bonchev–Trinajstić information content (AvgIpc) is 2.74. The van der Waals surface area contributed by atoms with Crippen LogP contribution < -0.4 is 10.3 Å². The van der Waals surface area contributed by atoms with Crippen LogP contribution in [0.4, 0.5) is 0 Å². The molecule has 0 bridgehead atoms. The summed E-state index contributed by atoms with van der Waals surface area (Å²) in [4.78, 5) is 27.8. The van der Waals surface area contributed by atoms with Crippen molar-refractivity contribution in [3.8, 4) is 11.4 Å². The van der Waals surface area contributed by atoms with Crippen molar-refractivity contribution in [3.63, 3.8) is 0 Å². The number of methoxy groups -OCH3 is 1. The SMILES string of the molecule is COc1cccc(-n2nc(C(=O)N3CCOCC3)c3ccccc3c2=O)c1. The molecule has 0 atom stereocenters. The minimum Gasteiger partial charge on any atom is -0.497 e. The lowest BCUT2D eigenvalue weighted by Gasteiger charge is -2.27. The predicted octanol–water partition coefficient (Wildman–Crippen LogP) is 1.87. The summed E-state index contributed by atoms with van der Waals surface area (Å²) in [5.41, 5.74) is 0.522. The summed E-state index contributed by atoms with van der Waals surface area (Å²) in [6, 6.07) is 14.1. The molecule has 138 valence electrons. The highest BCUT2D eigenvalue weighted by atomic mass is 16.5. The first-order valence-corrected chi connectivity index (χ1v) is 8.72. The fourth-order valence-corrected chi connectivity index (χ4v) is 3.18. The second kappa shape index (κ2) is 7.20. The van der Waals surface area contributed by atoms with Gasteiger partial charge >= 0.3 is 0 Å². The van der Waals surface area contributed by atoms with Gasteiger partial charge in [-0.2, -0.15) is 9.78 Å². The minimum absolute atomic E-state index is 0.203. The van der Waals surface area contributed by atoms with E-state index in [0.29, 0.717) is 48.5 Å². The number of amides is 1. The number of carbonyl (C=O) groups excluding carboxylic acids is 1. The third-order valence-corrected chi connectivity index (χ3v) is 4.60. The number of ether oxygens (including phenoxy) is 2. The van der Waals surface area contributed by atoms with Crippen LogP contribution in [0.15, 0.2) is 53.3 Å². The first-order chi connectivity index (χ1) is 13.2. The van der Waals surface area contributed by atoms with Crippen LogP contribution >= 0.6 is 0 Å². The van der Waals surface area contributed by atoms with Crippen LogP contribution in [0.1, 0.15) is 10.5 Å². The fraction of sp³-hybridized carbons (Fsp3) is 0.250. The molecule has 7 nitrogen and oxygen atoms in total. The van der Waals surface area contributed by atoms with E-state index in [1.165, 1.54) is 4.68 Å². The number of hydrogen-bond donors (Lipinski definition) is 0. The number of aromatic nitrogens is 2. The smallest absolute Gasteiger partial charge is 0.279 e. The summed E-state index contributed by atoms with van der Waals surface area (Å²) < 4.78 is 11.8. The van der Waals surface area contributed by atoms with Crippen LogP contribution in [0.2, 0.25) is 0 Å². The van der Waals surface area contributed by atoms with E-state index in [2.05, 4.69) is 5.10 Å². The quantitative estimate of drug-likeness (QED) is 0.708. The molecular formula is C20H19N3O4. The fourth-order valence-electron chi connectivity index (χ4n) is 3.18. The Bertz CT molecular complexity index is 1050. The minimum atomic E-state index is -0.280. The van der Waals surface area contributed by atoms with Gasteiger partial charge < -0.3 is 14.4 Å². The van der Waals surface area contributed by atoms with Gasteiger partial charge in [0.15, 0.2) is 5.69 Å². The highest BCUT2D eigenvalue weighted by molar-refractivity contribution is 6.04. The molecule has 2 heterocycles. The van der Waals surface area contributed by atoms with Gasteiger partial charge in [-0.25, -0.2) is 0 Å². The molecule has 0 N–H and O–H groups in total. The van der Waals surface area contributed by atoms with E-state index in [1.54, 1.807) is 60.5 Å². The van der Waals surface area contributed by atoms with Crippen LogP contribution in [0, 0.1) is 0 Å². The molecule has 1 fully saturated rings. The maximum absolute atomic E-state index is 13.1. The van der Waals surface area contributed by atoms with Crippen molar-refractivity contribution < 1.29 is 14.3 Å². The van der Waals surface area contributed by atoms with Gasteiger partial charge in [0.2, 0.25) is 0 Å². The molecule has 0 spiro atoms. The molecule has 1 aromatic heterocycles. The molecule has 1 aliphatic heterocycles. The molecule has 4 rings (SSSR count). The van der Waals surface area contributed by atoms with Crippen molar-refractivity contribution in [2.75, 3.05) is 33.4 Å². The molecule has 0 aliphatic carbocycles.